The van der Waals surface area contributed by atoms with Crippen molar-refractivity contribution in [2.75, 3.05) is 26.4 Å². The van der Waals surface area contributed by atoms with Crippen molar-refractivity contribution in [1.29, 1.82) is 0 Å². The summed E-state index contributed by atoms with van der Waals surface area (Å²) in [4.78, 5) is 48.2. The number of allylic oxidation sites excluding steroid dienone is 10. The molecular weight excluding hydrogens is 856 g/mol. The van der Waals surface area contributed by atoms with E-state index in [0.29, 0.717) is 19.3 Å². The lowest BCUT2D eigenvalue weighted by molar-refractivity contribution is -0.161. The zero-order valence-electron chi connectivity index (χ0n) is 41.9. The Morgan fingerprint density at radius 1 is 0.439 bits per heavy atom. The average Bonchev–Trinajstić information content (AvgIpc) is 3.30. The Morgan fingerprint density at radius 3 is 1.29 bits per heavy atom. The number of hydrogen-bond donors (Lipinski definition) is 2. The van der Waals surface area contributed by atoms with Crippen molar-refractivity contribution in [2.24, 2.45) is 0 Å². The van der Waals surface area contributed by atoms with Crippen LogP contribution in [0.25, 0.3) is 0 Å². The molecule has 0 aromatic carbocycles. The molecule has 0 aliphatic rings. The zero-order valence-corrected chi connectivity index (χ0v) is 42.8. The lowest BCUT2D eigenvalue weighted by Gasteiger charge is -2.21. The normalized spacial score (nSPS) is 14.0. The first-order chi connectivity index (χ1) is 32.2. The van der Waals surface area contributed by atoms with Crippen molar-refractivity contribution in [3.05, 3.63) is 60.8 Å². The first kappa shape index (κ1) is 63.2. The van der Waals surface area contributed by atoms with Gasteiger partial charge in [-0.2, -0.15) is 0 Å². The van der Waals surface area contributed by atoms with Crippen molar-refractivity contribution in [1.82, 2.24) is 0 Å². The minimum Gasteiger partial charge on any atom is -0.462 e. The molecule has 382 valence electrons. The number of hydrogen-bond acceptors (Lipinski definition) is 10. The minimum absolute atomic E-state index is 0.104. The molecule has 0 aromatic heterocycles. The minimum atomic E-state index is -4.75. The van der Waals surface area contributed by atoms with Gasteiger partial charge in [-0.25, -0.2) is 4.57 Å². The Balaban J connectivity index is 4.80. The molecule has 0 bridgehead atoms. The summed E-state index contributed by atoms with van der Waals surface area (Å²) in [6.07, 6.45) is 50.6. The molecule has 0 saturated heterocycles. The molecule has 3 atom stereocenters. The molecule has 0 aliphatic carbocycles. The van der Waals surface area contributed by atoms with Crippen LogP contribution in [0, 0.1) is 0 Å². The van der Waals surface area contributed by atoms with Gasteiger partial charge in [0.25, 0.3) is 0 Å². The monoisotopic (exact) mass is 951 g/mol. The molecule has 11 nitrogen and oxygen atoms in total. The van der Waals surface area contributed by atoms with Gasteiger partial charge in [0.1, 0.15) is 12.7 Å². The Hall–Kier alpha value is -2.82. The third-order valence-corrected chi connectivity index (χ3v) is 11.9. The van der Waals surface area contributed by atoms with E-state index in [-0.39, 0.29) is 25.9 Å². The van der Waals surface area contributed by atoms with Gasteiger partial charge >= 0.3 is 25.7 Å². The second kappa shape index (κ2) is 48.6. The summed E-state index contributed by atoms with van der Waals surface area (Å²) in [6, 6.07) is 0. The number of aliphatic hydroxyl groups excluding tert-OH is 1. The van der Waals surface area contributed by atoms with Crippen LogP contribution in [-0.2, 0) is 42.2 Å². The second-order valence-corrected chi connectivity index (χ2v) is 18.8. The SMILES string of the molecule is CC/C=C\C/C=C\C/C=C\C/C=C\CCC(=O)OCC(COP(=O)(O)OCC(CO)OC(=O)CCCCCCCCCCCCCCC)OC(=O)CCCCCCC/C=C\CCCCCC. The van der Waals surface area contributed by atoms with E-state index in [0.717, 1.165) is 83.5 Å². The summed E-state index contributed by atoms with van der Waals surface area (Å²) in [7, 11) is -4.75. The average molecular weight is 951 g/mol. The Kier molecular flexibility index (Phi) is 46.6. The summed E-state index contributed by atoms with van der Waals surface area (Å²) >= 11 is 0. The van der Waals surface area contributed by atoms with Crippen LogP contribution in [0.5, 0.6) is 0 Å². The molecule has 2 N–H and O–H groups in total. The van der Waals surface area contributed by atoms with Gasteiger partial charge in [0.2, 0.25) is 0 Å². The van der Waals surface area contributed by atoms with Gasteiger partial charge in [0.15, 0.2) is 6.10 Å². The molecule has 66 heavy (non-hydrogen) atoms. The van der Waals surface area contributed by atoms with E-state index in [1.54, 1.807) is 0 Å². The van der Waals surface area contributed by atoms with Crippen LogP contribution in [0.15, 0.2) is 60.8 Å². The number of unbranched alkanes of at least 4 members (excludes halogenated alkanes) is 21. The fraction of sp³-hybridized carbons (Fsp3) is 0.759. The third kappa shape index (κ3) is 46.3. The maximum Gasteiger partial charge on any atom is 0.472 e. The molecule has 12 heteroatoms. The van der Waals surface area contributed by atoms with Crippen LogP contribution >= 0.6 is 7.82 Å². The van der Waals surface area contributed by atoms with E-state index in [4.69, 9.17) is 23.3 Å². The second-order valence-electron chi connectivity index (χ2n) is 17.3. The van der Waals surface area contributed by atoms with Gasteiger partial charge in [0, 0.05) is 19.3 Å². The maximum absolute atomic E-state index is 12.8. The predicted octanol–water partition coefficient (Wildman–Crippen LogP) is 14.8. The standard InChI is InChI=1S/C54H95O11P/c1-4-7-10-13-16-19-22-25-28-31-34-37-40-43-52(56)61-47-51(65-54(58)45-42-39-36-33-30-27-24-21-18-15-12-9-6-3)49-63-66(59,60)62-48-50(46-55)64-53(57)44-41-38-35-32-29-26-23-20-17-14-11-8-5-2/h7,10,16,19,21,24-25,28,34,37,50-51,55H,4-6,8-9,11-15,17-18,20,22-23,26-27,29-33,35-36,38-49H2,1-3H3,(H,59,60)/b10-7-,19-16-,24-21-,28-25-,37-34-. The van der Waals surface area contributed by atoms with E-state index in [1.165, 1.54) is 83.5 Å². The molecule has 3 unspecified atom stereocenters. The number of phosphoric ester groups is 1. The number of rotatable bonds is 48. The van der Waals surface area contributed by atoms with Crippen molar-refractivity contribution >= 4 is 25.7 Å². The smallest absolute Gasteiger partial charge is 0.462 e. The molecule has 0 radical (unpaired) electrons. The van der Waals surface area contributed by atoms with Crippen LogP contribution in [0.4, 0.5) is 0 Å². The highest BCUT2D eigenvalue weighted by molar-refractivity contribution is 7.47. The Labute approximate surface area is 402 Å². The predicted molar refractivity (Wildman–Crippen MR) is 270 cm³/mol. The molecule has 0 saturated carbocycles. The summed E-state index contributed by atoms with van der Waals surface area (Å²) in [6.45, 7) is 4.41. The van der Waals surface area contributed by atoms with Crippen molar-refractivity contribution in [2.45, 2.75) is 238 Å². The Morgan fingerprint density at radius 2 is 0.818 bits per heavy atom. The summed E-state index contributed by atoms with van der Waals surface area (Å²) in [5, 5.41) is 9.77. The lowest BCUT2D eigenvalue weighted by Crippen LogP contribution is -2.30. The largest absolute Gasteiger partial charge is 0.472 e. The molecule has 0 spiro atoms. The van der Waals surface area contributed by atoms with Crippen LogP contribution < -0.4 is 0 Å². The number of carbonyl (C=O) groups is 3. The first-order valence-electron chi connectivity index (χ1n) is 26.2. The van der Waals surface area contributed by atoms with Gasteiger partial charge < -0.3 is 24.2 Å². The van der Waals surface area contributed by atoms with E-state index >= 15 is 0 Å². The molecule has 0 aromatic rings. The molecule has 0 heterocycles. The highest BCUT2D eigenvalue weighted by Crippen LogP contribution is 2.43. The summed E-state index contributed by atoms with van der Waals surface area (Å²) in [5.74, 6) is -1.57. The van der Waals surface area contributed by atoms with Gasteiger partial charge in [-0.15, -0.1) is 0 Å². The van der Waals surface area contributed by atoms with Crippen molar-refractivity contribution < 1.29 is 52.2 Å². The summed E-state index contributed by atoms with van der Waals surface area (Å²) in [5.41, 5.74) is 0. The molecule has 0 fully saturated rings. The molecular formula is C54H95O11P. The van der Waals surface area contributed by atoms with Crippen LogP contribution in [0.1, 0.15) is 226 Å². The zero-order chi connectivity index (χ0) is 48.4. The van der Waals surface area contributed by atoms with Crippen LogP contribution in [0.3, 0.4) is 0 Å². The Bertz CT molecular complexity index is 1340. The molecule has 0 aliphatic heterocycles. The van der Waals surface area contributed by atoms with E-state index in [2.05, 4.69) is 69.4 Å². The van der Waals surface area contributed by atoms with Gasteiger partial charge in [0.05, 0.1) is 19.8 Å². The van der Waals surface area contributed by atoms with Gasteiger partial charge in [-0.05, 0) is 70.6 Å². The third-order valence-electron chi connectivity index (χ3n) is 10.9. The highest BCUT2D eigenvalue weighted by atomic mass is 31.2. The van der Waals surface area contributed by atoms with Crippen molar-refractivity contribution in [3.63, 3.8) is 0 Å². The fourth-order valence-corrected chi connectivity index (χ4v) is 7.74. The van der Waals surface area contributed by atoms with E-state index in [9.17, 15) is 28.9 Å². The number of phosphoric acid groups is 1. The number of carbonyl (C=O) groups excluding carboxylic acids is 3. The van der Waals surface area contributed by atoms with Crippen LogP contribution in [0.2, 0.25) is 0 Å². The summed E-state index contributed by atoms with van der Waals surface area (Å²) < 4.78 is 39.3. The quantitative estimate of drug-likeness (QED) is 0.0197. The van der Waals surface area contributed by atoms with Crippen LogP contribution in [-0.4, -0.2) is 66.5 Å². The highest BCUT2D eigenvalue weighted by Gasteiger charge is 2.28. The molecule has 0 rings (SSSR count). The van der Waals surface area contributed by atoms with Crippen molar-refractivity contribution in [3.8, 4) is 0 Å². The first-order valence-corrected chi connectivity index (χ1v) is 27.7. The fourth-order valence-electron chi connectivity index (χ4n) is 6.95. The lowest BCUT2D eigenvalue weighted by atomic mass is 10.0. The number of esters is 3. The maximum atomic E-state index is 12.8. The number of ether oxygens (including phenoxy) is 3. The van der Waals surface area contributed by atoms with E-state index < -0.39 is 57.8 Å². The van der Waals surface area contributed by atoms with Gasteiger partial charge in [-0.3, -0.25) is 23.4 Å². The van der Waals surface area contributed by atoms with Gasteiger partial charge in [-0.1, -0.05) is 197 Å². The topological polar surface area (TPSA) is 155 Å². The number of aliphatic hydroxyl groups is 1. The molecule has 0 amide bonds. The van der Waals surface area contributed by atoms with E-state index in [1.807, 2.05) is 12.2 Å².